The first-order chi connectivity index (χ1) is 20.4. The molecule has 13 heteroatoms. The summed E-state index contributed by atoms with van der Waals surface area (Å²) >= 11 is 0. The van der Waals surface area contributed by atoms with Gasteiger partial charge in [-0.15, -0.1) is 0 Å². The topological polar surface area (TPSA) is 221 Å². The number of aryl methyl sites for hydroxylation is 1. The van der Waals surface area contributed by atoms with Crippen LogP contribution in [0.15, 0.2) is 41.7 Å². The molecular weight excluding hydrogens is 564 g/mol. The summed E-state index contributed by atoms with van der Waals surface area (Å²) < 4.78 is 17.0. The van der Waals surface area contributed by atoms with Crippen molar-refractivity contribution < 1.29 is 54.4 Å². The molecular formula is C30H34N2O11. The molecule has 2 heterocycles. The van der Waals surface area contributed by atoms with E-state index in [2.05, 4.69) is 5.32 Å². The van der Waals surface area contributed by atoms with Crippen LogP contribution in [0, 0.1) is 6.92 Å². The number of benzene rings is 2. The average Bonchev–Trinajstić information content (AvgIpc) is 2.98. The maximum Gasteiger partial charge on any atom is 0.229 e. The minimum absolute atomic E-state index is 0.00417. The van der Waals surface area contributed by atoms with Crippen LogP contribution >= 0.6 is 0 Å². The standard InChI is InChI=1S/C30H34N2O11/c1-13-7-15-22(17(35)8-13)26(37)24-19(10-18(41-2)16(11-33)23(24)25(15)36)42-29-27(38)28(39)30(40,20(12-34)43-29)5-3-14-4-6-32-21(31)9-14/h4,7-10,20,27-29,32-35,38-40H,3,5-6,11-12,31H2,1-2H3/t20-,27-,28-,29-,30-/m1/s1. The lowest BCUT2D eigenvalue weighted by Gasteiger charge is -2.48. The molecule has 0 radical (unpaired) electrons. The fraction of sp³-hybridized carbons (Fsp3) is 0.400. The Balaban J connectivity index is 1.51. The van der Waals surface area contributed by atoms with E-state index in [4.69, 9.17) is 19.9 Å². The molecule has 0 unspecified atom stereocenters. The average molecular weight is 599 g/mol. The van der Waals surface area contributed by atoms with Gasteiger partial charge >= 0.3 is 0 Å². The molecule has 2 aromatic carbocycles. The number of carbonyl (C=O) groups excluding carboxylic acids is 2. The van der Waals surface area contributed by atoms with E-state index < -0.39 is 60.7 Å². The van der Waals surface area contributed by atoms with Crippen LogP contribution < -0.4 is 20.5 Å². The number of nitrogens with one attached hydrogen (secondary N) is 1. The van der Waals surface area contributed by atoms with Crippen molar-refractivity contribution in [2.45, 2.75) is 56.6 Å². The van der Waals surface area contributed by atoms with E-state index in [0.717, 1.165) is 5.57 Å². The molecule has 0 bridgehead atoms. The van der Waals surface area contributed by atoms with Crippen molar-refractivity contribution in [3.05, 3.63) is 75.1 Å². The number of carbonyl (C=O) groups is 2. The number of nitrogens with two attached hydrogens (primary N) is 1. The molecule has 13 nitrogen and oxygen atoms in total. The summed E-state index contributed by atoms with van der Waals surface area (Å²) in [6.45, 7) is 0.679. The maximum atomic E-state index is 13.8. The second kappa shape index (κ2) is 11.6. The molecule has 0 saturated carbocycles. The monoisotopic (exact) mass is 598 g/mol. The number of ether oxygens (including phenoxy) is 3. The number of aliphatic hydroxyl groups is 5. The fourth-order valence-corrected chi connectivity index (χ4v) is 5.88. The Morgan fingerprint density at radius 2 is 1.84 bits per heavy atom. The van der Waals surface area contributed by atoms with Gasteiger partial charge in [0.2, 0.25) is 12.1 Å². The number of hydrogen-bond acceptors (Lipinski definition) is 13. The van der Waals surface area contributed by atoms with Crippen LogP contribution in [0.3, 0.4) is 0 Å². The normalized spacial score (nSPS) is 26.6. The minimum Gasteiger partial charge on any atom is -0.507 e. The predicted molar refractivity (Wildman–Crippen MR) is 150 cm³/mol. The van der Waals surface area contributed by atoms with Gasteiger partial charge in [-0.1, -0.05) is 6.08 Å². The first-order valence-electron chi connectivity index (χ1n) is 13.6. The van der Waals surface area contributed by atoms with Gasteiger partial charge in [-0.05, 0) is 49.1 Å². The van der Waals surface area contributed by atoms with Crippen LogP contribution in [0.1, 0.15) is 55.8 Å². The lowest BCUT2D eigenvalue weighted by molar-refractivity contribution is -0.314. The van der Waals surface area contributed by atoms with E-state index in [9.17, 15) is 40.2 Å². The number of rotatable bonds is 8. The molecule has 0 amide bonds. The van der Waals surface area contributed by atoms with Crippen molar-refractivity contribution in [3.8, 4) is 17.2 Å². The molecule has 0 spiro atoms. The number of hydrogen-bond donors (Lipinski definition) is 8. The first kappa shape index (κ1) is 30.5. The van der Waals surface area contributed by atoms with Gasteiger partial charge in [-0.2, -0.15) is 0 Å². The minimum atomic E-state index is -2.10. The summed E-state index contributed by atoms with van der Waals surface area (Å²) in [5.74, 6) is -1.79. The van der Waals surface area contributed by atoms with Gasteiger partial charge in [0.1, 0.15) is 41.2 Å². The van der Waals surface area contributed by atoms with Gasteiger partial charge in [0.15, 0.2) is 5.78 Å². The number of phenols is 1. The Bertz CT molecular complexity index is 1530. The fourth-order valence-electron chi connectivity index (χ4n) is 5.88. The number of allylic oxidation sites excluding steroid dienone is 2. The molecule has 230 valence electrons. The molecule has 5 rings (SSSR count). The smallest absolute Gasteiger partial charge is 0.229 e. The molecule has 2 aromatic rings. The predicted octanol–water partition coefficient (Wildman–Crippen LogP) is -0.364. The van der Waals surface area contributed by atoms with Gasteiger partial charge in [-0.25, -0.2) is 0 Å². The number of aliphatic hydroxyl groups excluding tert-OH is 4. The maximum absolute atomic E-state index is 13.8. The Morgan fingerprint density at radius 1 is 1.09 bits per heavy atom. The lowest BCUT2D eigenvalue weighted by Crippen LogP contribution is -2.67. The zero-order valence-corrected chi connectivity index (χ0v) is 23.5. The molecule has 9 N–H and O–H groups in total. The van der Waals surface area contributed by atoms with Crippen LogP contribution in [-0.2, 0) is 11.3 Å². The highest BCUT2D eigenvalue weighted by Gasteiger charge is 2.55. The highest BCUT2D eigenvalue weighted by molar-refractivity contribution is 6.31. The third kappa shape index (κ3) is 5.13. The summed E-state index contributed by atoms with van der Waals surface area (Å²) in [6, 6.07) is 3.98. The molecule has 3 aliphatic rings. The summed E-state index contributed by atoms with van der Waals surface area (Å²) in [6.07, 6.45) is -3.28. The van der Waals surface area contributed by atoms with Crippen LogP contribution in [0.2, 0.25) is 0 Å². The van der Waals surface area contributed by atoms with Crippen LogP contribution in [0.5, 0.6) is 17.2 Å². The molecule has 2 aliphatic heterocycles. The first-order valence-corrected chi connectivity index (χ1v) is 13.6. The summed E-state index contributed by atoms with van der Waals surface area (Å²) in [7, 11) is 1.28. The van der Waals surface area contributed by atoms with Crippen molar-refractivity contribution in [1.29, 1.82) is 0 Å². The Labute approximate surface area is 246 Å². The lowest BCUT2D eigenvalue weighted by atomic mass is 9.79. The number of fused-ring (bicyclic) bond motifs is 2. The number of ketones is 2. The number of methoxy groups -OCH3 is 1. The van der Waals surface area contributed by atoms with Crippen molar-refractivity contribution in [2.75, 3.05) is 20.3 Å². The summed E-state index contributed by atoms with van der Waals surface area (Å²) in [4.78, 5) is 27.5. The number of aromatic hydroxyl groups is 1. The van der Waals surface area contributed by atoms with E-state index >= 15 is 0 Å². The van der Waals surface area contributed by atoms with Crippen LogP contribution in [0.4, 0.5) is 0 Å². The quantitative estimate of drug-likeness (QED) is 0.166. The van der Waals surface area contributed by atoms with Crippen molar-refractivity contribution in [1.82, 2.24) is 5.32 Å². The van der Waals surface area contributed by atoms with Gasteiger partial charge in [0.05, 0.1) is 37.3 Å². The second-order valence-electron chi connectivity index (χ2n) is 10.8. The van der Waals surface area contributed by atoms with Crippen molar-refractivity contribution in [2.24, 2.45) is 5.73 Å². The molecule has 43 heavy (non-hydrogen) atoms. The molecule has 0 aromatic heterocycles. The third-order valence-electron chi connectivity index (χ3n) is 8.13. The number of phenolic OH excluding ortho intramolecular Hbond substituents is 1. The zero-order chi connectivity index (χ0) is 31.2. The highest BCUT2D eigenvalue weighted by Crippen LogP contribution is 2.44. The van der Waals surface area contributed by atoms with Crippen LogP contribution in [-0.4, -0.2) is 92.7 Å². The Morgan fingerprint density at radius 3 is 2.49 bits per heavy atom. The SMILES string of the molecule is COc1cc(O[C@@H]2O[C@H](CO)[C@](O)(CCC3=CCNC(N)=C3)[C@H](O)[C@H]2O)c2c(c1CO)C(=O)c1cc(C)cc(O)c1C2=O. The van der Waals surface area contributed by atoms with Crippen molar-refractivity contribution in [3.63, 3.8) is 0 Å². The molecule has 1 saturated heterocycles. The van der Waals surface area contributed by atoms with Crippen LogP contribution in [0.25, 0.3) is 0 Å². The van der Waals surface area contributed by atoms with Gasteiger partial charge in [0, 0.05) is 29.3 Å². The highest BCUT2D eigenvalue weighted by atomic mass is 16.7. The van der Waals surface area contributed by atoms with E-state index in [1.54, 1.807) is 13.0 Å². The second-order valence-corrected chi connectivity index (χ2v) is 10.8. The van der Waals surface area contributed by atoms with E-state index in [1.165, 1.54) is 25.3 Å². The van der Waals surface area contributed by atoms with Gasteiger partial charge in [0.25, 0.3) is 0 Å². The van der Waals surface area contributed by atoms with Gasteiger partial charge < -0.3 is 55.9 Å². The van der Waals surface area contributed by atoms with Crippen molar-refractivity contribution >= 4 is 11.6 Å². The van der Waals surface area contributed by atoms with E-state index in [-0.39, 0.29) is 52.2 Å². The Kier molecular flexibility index (Phi) is 8.22. The summed E-state index contributed by atoms with van der Waals surface area (Å²) in [5.41, 5.74) is 4.12. The van der Waals surface area contributed by atoms with E-state index in [1.807, 2.05) is 6.08 Å². The summed E-state index contributed by atoms with van der Waals surface area (Å²) in [5, 5.41) is 67.3. The molecule has 5 atom stereocenters. The molecule has 1 aliphatic carbocycles. The van der Waals surface area contributed by atoms with E-state index in [0.29, 0.717) is 17.9 Å². The zero-order valence-electron chi connectivity index (χ0n) is 23.5. The van der Waals surface area contributed by atoms with Gasteiger partial charge in [-0.3, -0.25) is 9.59 Å². The number of dihydropyridines is 1. The Hall–Kier alpha value is -3.98. The third-order valence-corrected chi connectivity index (χ3v) is 8.13. The largest absolute Gasteiger partial charge is 0.507 e. The molecule has 1 fully saturated rings.